The van der Waals surface area contributed by atoms with E-state index >= 15 is 0 Å². The lowest BCUT2D eigenvalue weighted by Crippen LogP contribution is -2.46. The summed E-state index contributed by atoms with van der Waals surface area (Å²) in [6.45, 7) is 6.88. The zero-order chi connectivity index (χ0) is 12.9. The average molecular weight is 252 g/mol. The number of likely N-dealkylation sites (tertiary alicyclic amines) is 1. The maximum atomic E-state index is 12.2. The summed E-state index contributed by atoms with van der Waals surface area (Å²) in [5, 5.41) is 3.09. The number of hydrogen-bond donors (Lipinski definition) is 1. The predicted octanol–water partition coefficient (Wildman–Crippen LogP) is 2.79. The highest BCUT2D eigenvalue weighted by atomic mass is 19.4. The van der Waals surface area contributed by atoms with Gasteiger partial charge in [0.1, 0.15) is 0 Å². The largest absolute Gasteiger partial charge is 0.390 e. The lowest BCUT2D eigenvalue weighted by Gasteiger charge is -2.33. The van der Waals surface area contributed by atoms with Crippen molar-refractivity contribution in [3.63, 3.8) is 0 Å². The Hall–Kier alpha value is -0.290. The summed E-state index contributed by atoms with van der Waals surface area (Å²) in [6.07, 6.45) is -1.73. The fourth-order valence-electron chi connectivity index (χ4n) is 2.45. The molecule has 0 spiro atoms. The Balaban J connectivity index is 2.21. The zero-order valence-electron chi connectivity index (χ0n) is 10.7. The molecule has 0 amide bonds. The van der Waals surface area contributed by atoms with Crippen molar-refractivity contribution >= 4 is 0 Å². The molecule has 1 aliphatic rings. The SMILES string of the molecule is CCCN1CCC(NC(C)CC(F)(F)F)CC1. The van der Waals surface area contributed by atoms with Crippen LogP contribution in [0.2, 0.25) is 0 Å². The van der Waals surface area contributed by atoms with Crippen molar-refractivity contribution in [1.29, 1.82) is 0 Å². The Bertz CT molecular complexity index is 210. The van der Waals surface area contributed by atoms with E-state index in [0.717, 1.165) is 38.9 Å². The van der Waals surface area contributed by atoms with E-state index in [1.165, 1.54) is 0 Å². The summed E-state index contributed by atoms with van der Waals surface area (Å²) in [5.41, 5.74) is 0. The fourth-order valence-corrected chi connectivity index (χ4v) is 2.45. The van der Waals surface area contributed by atoms with Gasteiger partial charge in [-0.25, -0.2) is 0 Å². The van der Waals surface area contributed by atoms with Crippen LogP contribution < -0.4 is 5.32 Å². The first-order valence-corrected chi connectivity index (χ1v) is 6.46. The minimum Gasteiger partial charge on any atom is -0.311 e. The molecule has 1 fully saturated rings. The normalized spacial score (nSPS) is 21.7. The summed E-state index contributed by atoms with van der Waals surface area (Å²) in [5.74, 6) is 0. The van der Waals surface area contributed by atoms with Crippen LogP contribution in [0.1, 0.15) is 39.5 Å². The van der Waals surface area contributed by atoms with Crippen molar-refractivity contribution in [2.24, 2.45) is 0 Å². The van der Waals surface area contributed by atoms with Gasteiger partial charge >= 0.3 is 6.18 Å². The Morgan fingerprint density at radius 3 is 2.35 bits per heavy atom. The van der Waals surface area contributed by atoms with Crippen LogP contribution in [0.4, 0.5) is 13.2 Å². The highest BCUT2D eigenvalue weighted by molar-refractivity contribution is 4.80. The smallest absolute Gasteiger partial charge is 0.311 e. The second kappa shape index (κ2) is 6.59. The van der Waals surface area contributed by atoms with Crippen molar-refractivity contribution in [3.05, 3.63) is 0 Å². The first-order valence-electron chi connectivity index (χ1n) is 6.46. The maximum Gasteiger partial charge on any atom is 0.390 e. The molecule has 0 saturated carbocycles. The molecule has 5 heteroatoms. The number of halogens is 3. The number of alkyl halides is 3. The Kier molecular flexibility index (Phi) is 5.73. The summed E-state index contributed by atoms with van der Waals surface area (Å²) >= 11 is 0. The van der Waals surface area contributed by atoms with E-state index in [0.29, 0.717) is 0 Å². The molecule has 102 valence electrons. The van der Waals surface area contributed by atoms with Crippen molar-refractivity contribution in [3.8, 4) is 0 Å². The molecule has 2 nitrogen and oxygen atoms in total. The second-order valence-corrected chi connectivity index (χ2v) is 5.00. The van der Waals surface area contributed by atoms with Gasteiger partial charge < -0.3 is 10.2 Å². The first-order chi connectivity index (χ1) is 7.90. The molecule has 17 heavy (non-hydrogen) atoms. The molecule has 0 aromatic heterocycles. The average Bonchev–Trinajstić information content (AvgIpc) is 2.18. The Morgan fingerprint density at radius 2 is 1.88 bits per heavy atom. The van der Waals surface area contributed by atoms with Crippen LogP contribution in [0.3, 0.4) is 0 Å². The summed E-state index contributed by atoms with van der Waals surface area (Å²) < 4.78 is 36.5. The van der Waals surface area contributed by atoms with Gasteiger partial charge in [0.2, 0.25) is 0 Å². The molecule has 1 rings (SSSR count). The first kappa shape index (κ1) is 14.8. The molecule has 1 N–H and O–H groups in total. The monoisotopic (exact) mass is 252 g/mol. The molecule has 1 saturated heterocycles. The van der Waals surface area contributed by atoms with E-state index in [-0.39, 0.29) is 6.04 Å². The predicted molar refractivity (Wildman–Crippen MR) is 63.0 cm³/mol. The van der Waals surface area contributed by atoms with Crippen molar-refractivity contribution in [1.82, 2.24) is 10.2 Å². The Labute approximate surface area is 102 Å². The van der Waals surface area contributed by atoms with E-state index in [9.17, 15) is 13.2 Å². The van der Waals surface area contributed by atoms with Gasteiger partial charge in [-0.1, -0.05) is 6.92 Å². The summed E-state index contributed by atoms with van der Waals surface area (Å²) in [6, 6.07) is -0.224. The van der Waals surface area contributed by atoms with Gasteiger partial charge in [-0.05, 0) is 45.8 Å². The molecule has 0 radical (unpaired) electrons. The van der Waals surface area contributed by atoms with Gasteiger partial charge in [0.25, 0.3) is 0 Å². The minimum atomic E-state index is -4.06. The molecule has 1 unspecified atom stereocenters. The standard InChI is InChI=1S/C12H23F3N2/c1-3-6-17-7-4-11(5-8-17)16-10(2)9-12(13,14)15/h10-11,16H,3-9H2,1-2H3. The third-order valence-corrected chi connectivity index (χ3v) is 3.19. The van der Waals surface area contributed by atoms with Crippen LogP contribution in [0.15, 0.2) is 0 Å². The zero-order valence-corrected chi connectivity index (χ0v) is 10.7. The van der Waals surface area contributed by atoms with Crippen LogP contribution >= 0.6 is 0 Å². The number of rotatable bonds is 5. The molecule has 0 bridgehead atoms. The molecular formula is C12H23F3N2. The van der Waals surface area contributed by atoms with Crippen molar-refractivity contribution in [2.75, 3.05) is 19.6 Å². The lowest BCUT2D eigenvalue weighted by molar-refractivity contribution is -0.139. The van der Waals surface area contributed by atoms with Crippen LogP contribution in [0.5, 0.6) is 0 Å². The molecule has 1 aliphatic heterocycles. The third-order valence-electron chi connectivity index (χ3n) is 3.19. The van der Waals surface area contributed by atoms with Gasteiger partial charge in [0.15, 0.2) is 0 Å². The van der Waals surface area contributed by atoms with Gasteiger partial charge in [-0.2, -0.15) is 13.2 Å². The van der Waals surface area contributed by atoms with Crippen molar-refractivity contribution < 1.29 is 13.2 Å². The van der Waals surface area contributed by atoms with E-state index in [4.69, 9.17) is 0 Å². The quantitative estimate of drug-likeness (QED) is 0.809. The summed E-state index contributed by atoms with van der Waals surface area (Å²) in [7, 11) is 0. The second-order valence-electron chi connectivity index (χ2n) is 5.00. The minimum absolute atomic E-state index is 0.250. The Morgan fingerprint density at radius 1 is 1.29 bits per heavy atom. The highest BCUT2D eigenvalue weighted by Gasteiger charge is 2.31. The van der Waals surface area contributed by atoms with Crippen LogP contribution in [-0.2, 0) is 0 Å². The molecule has 0 aromatic rings. The van der Waals surface area contributed by atoms with E-state index in [2.05, 4.69) is 17.1 Å². The van der Waals surface area contributed by atoms with Gasteiger partial charge in [-0.3, -0.25) is 0 Å². The third kappa shape index (κ3) is 6.27. The number of nitrogens with one attached hydrogen (secondary N) is 1. The van der Waals surface area contributed by atoms with E-state index in [1.54, 1.807) is 6.92 Å². The molecule has 1 atom stereocenters. The van der Waals surface area contributed by atoms with Gasteiger partial charge in [0, 0.05) is 12.1 Å². The summed E-state index contributed by atoms with van der Waals surface area (Å²) in [4.78, 5) is 2.38. The molecule has 1 heterocycles. The number of piperidine rings is 1. The fraction of sp³-hybridized carbons (Fsp3) is 1.00. The highest BCUT2D eigenvalue weighted by Crippen LogP contribution is 2.22. The molecule has 0 aromatic carbocycles. The molecular weight excluding hydrogens is 229 g/mol. The van der Waals surface area contributed by atoms with Gasteiger partial charge in [-0.15, -0.1) is 0 Å². The van der Waals surface area contributed by atoms with Crippen molar-refractivity contribution in [2.45, 2.75) is 57.8 Å². The van der Waals surface area contributed by atoms with E-state index < -0.39 is 18.6 Å². The maximum absolute atomic E-state index is 12.2. The van der Waals surface area contributed by atoms with Crippen LogP contribution in [0, 0.1) is 0 Å². The molecule has 0 aliphatic carbocycles. The van der Waals surface area contributed by atoms with Crippen LogP contribution in [0.25, 0.3) is 0 Å². The number of hydrogen-bond acceptors (Lipinski definition) is 2. The lowest BCUT2D eigenvalue weighted by atomic mass is 10.0. The topological polar surface area (TPSA) is 15.3 Å². The van der Waals surface area contributed by atoms with Crippen LogP contribution in [-0.4, -0.2) is 42.8 Å². The number of nitrogens with zero attached hydrogens (tertiary/aromatic N) is 1. The van der Waals surface area contributed by atoms with E-state index in [1.807, 2.05) is 0 Å². The van der Waals surface area contributed by atoms with Gasteiger partial charge in [0.05, 0.1) is 6.42 Å².